The van der Waals surface area contributed by atoms with Gasteiger partial charge in [0.25, 0.3) is 5.91 Å². The largest absolute Gasteiger partial charge is 0.489 e. The standard InChI is InChI=1S/C20H23NO4/c1-15-7-2-4-10-18(15)25-14-20(22)21-17-9-3-5-11-19(17)24-13-16-8-6-12-23-16/h2-5,7,9-11,16H,6,8,12-14H2,1H3,(H,21,22)/t16-/m0/s1. The summed E-state index contributed by atoms with van der Waals surface area (Å²) in [4.78, 5) is 12.2. The fourth-order valence-electron chi connectivity index (χ4n) is 2.70. The van der Waals surface area contributed by atoms with Gasteiger partial charge in [-0.15, -0.1) is 0 Å². The van der Waals surface area contributed by atoms with Gasteiger partial charge in [-0.1, -0.05) is 30.3 Å². The second kappa shape index (κ2) is 8.53. The number of benzene rings is 2. The minimum Gasteiger partial charge on any atom is -0.489 e. The van der Waals surface area contributed by atoms with Gasteiger partial charge in [-0.25, -0.2) is 0 Å². The van der Waals surface area contributed by atoms with Crippen LogP contribution in [0.3, 0.4) is 0 Å². The van der Waals surface area contributed by atoms with Gasteiger partial charge < -0.3 is 19.5 Å². The number of carbonyl (C=O) groups is 1. The Kier molecular flexibility index (Phi) is 5.90. The summed E-state index contributed by atoms with van der Waals surface area (Å²) in [5.74, 6) is 1.12. The van der Waals surface area contributed by atoms with Crippen LogP contribution in [0.15, 0.2) is 48.5 Å². The topological polar surface area (TPSA) is 56.8 Å². The zero-order chi connectivity index (χ0) is 17.5. The number of rotatable bonds is 7. The molecule has 1 saturated heterocycles. The van der Waals surface area contributed by atoms with Crippen LogP contribution in [0.1, 0.15) is 18.4 Å². The Bertz CT molecular complexity index is 710. The fourth-order valence-corrected chi connectivity index (χ4v) is 2.70. The fraction of sp³-hybridized carbons (Fsp3) is 0.350. The summed E-state index contributed by atoms with van der Waals surface area (Å²) in [5, 5.41) is 2.85. The summed E-state index contributed by atoms with van der Waals surface area (Å²) in [7, 11) is 0. The Hall–Kier alpha value is -2.53. The molecule has 0 aliphatic carbocycles. The Morgan fingerprint density at radius 2 is 1.88 bits per heavy atom. The van der Waals surface area contributed by atoms with E-state index in [1.165, 1.54) is 0 Å². The molecule has 2 aromatic rings. The molecule has 1 aliphatic heterocycles. The van der Waals surface area contributed by atoms with E-state index in [1.807, 2.05) is 55.5 Å². The molecule has 1 heterocycles. The van der Waals surface area contributed by atoms with E-state index >= 15 is 0 Å². The summed E-state index contributed by atoms with van der Waals surface area (Å²) in [6.07, 6.45) is 2.22. The number of hydrogen-bond acceptors (Lipinski definition) is 4. The highest BCUT2D eigenvalue weighted by Gasteiger charge is 2.17. The number of amides is 1. The van der Waals surface area contributed by atoms with Crippen LogP contribution < -0.4 is 14.8 Å². The number of hydrogen-bond donors (Lipinski definition) is 1. The van der Waals surface area contributed by atoms with Crippen LogP contribution in [0, 0.1) is 6.92 Å². The average molecular weight is 341 g/mol. The summed E-state index contributed by atoms with van der Waals surface area (Å²) >= 11 is 0. The molecule has 5 nitrogen and oxygen atoms in total. The lowest BCUT2D eigenvalue weighted by molar-refractivity contribution is -0.118. The monoisotopic (exact) mass is 341 g/mol. The first-order valence-electron chi connectivity index (χ1n) is 8.54. The SMILES string of the molecule is Cc1ccccc1OCC(=O)Nc1ccccc1OC[C@@H]1CCCO1. The lowest BCUT2D eigenvalue weighted by Crippen LogP contribution is -2.21. The molecule has 0 saturated carbocycles. The van der Waals surface area contributed by atoms with E-state index in [0.29, 0.717) is 23.8 Å². The number of aryl methyl sites for hydroxylation is 1. The number of nitrogens with one attached hydrogen (secondary N) is 1. The molecular formula is C20H23NO4. The summed E-state index contributed by atoms with van der Waals surface area (Å²) in [6, 6.07) is 15.0. The molecule has 0 spiro atoms. The highest BCUT2D eigenvalue weighted by Crippen LogP contribution is 2.25. The van der Waals surface area contributed by atoms with Crippen molar-refractivity contribution in [1.82, 2.24) is 0 Å². The number of carbonyl (C=O) groups excluding carboxylic acids is 1. The number of anilines is 1. The van der Waals surface area contributed by atoms with Crippen molar-refractivity contribution >= 4 is 11.6 Å². The van der Waals surface area contributed by atoms with Gasteiger partial charge in [0.15, 0.2) is 6.61 Å². The van der Waals surface area contributed by atoms with Crippen LogP contribution in [0.2, 0.25) is 0 Å². The Balaban J connectivity index is 1.54. The van der Waals surface area contributed by atoms with Crippen LogP contribution in [0.5, 0.6) is 11.5 Å². The van der Waals surface area contributed by atoms with Gasteiger partial charge in [0.05, 0.1) is 11.8 Å². The smallest absolute Gasteiger partial charge is 0.262 e. The highest BCUT2D eigenvalue weighted by molar-refractivity contribution is 5.93. The molecular weight excluding hydrogens is 318 g/mol. The number of para-hydroxylation sites is 3. The van der Waals surface area contributed by atoms with Crippen molar-refractivity contribution < 1.29 is 19.0 Å². The zero-order valence-corrected chi connectivity index (χ0v) is 14.4. The van der Waals surface area contributed by atoms with Crippen LogP contribution in [0.4, 0.5) is 5.69 Å². The lowest BCUT2D eigenvalue weighted by Gasteiger charge is -2.15. The molecule has 0 bridgehead atoms. The molecule has 0 unspecified atom stereocenters. The van der Waals surface area contributed by atoms with Gasteiger partial charge in [-0.3, -0.25) is 4.79 Å². The van der Waals surface area contributed by atoms with E-state index in [9.17, 15) is 4.79 Å². The van der Waals surface area contributed by atoms with Gasteiger partial charge >= 0.3 is 0 Å². The molecule has 1 amide bonds. The third-order valence-corrected chi connectivity index (χ3v) is 4.06. The third-order valence-electron chi connectivity index (χ3n) is 4.06. The molecule has 2 aromatic carbocycles. The third kappa shape index (κ3) is 4.97. The van der Waals surface area contributed by atoms with E-state index in [4.69, 9.17) is 14.2 Å². The van der Waals surface area contributed by atoms with E-state index in [-0.39, 0.29) is 18.6 Å². The Labute approximate surface area is 147 Å². The van der Waals surface area contributed by atoms with Crippen molar-refractivity contribution in [1.29, 1.82) is 0 Å². The predicted molar refractivity (Wildman–Crippen MR) is 96.2 cm³/mol. The second-order valence-electron chi connectivity index (χ2n) is 6.04. The van der Waals surface area contributed by atoms with Crippen molar-refractivity contribution in [3.05, 3.63) is 54.1 Å². The molecule has 1 aliphatic rings. The highest BCUT2D eigenvalue weighted by atomic mass is 16.5. The average Bonchev–Trinajstić information content (AvgIpc) is 3.14. The van der Waals surface area contributed by atoms with Gasteiger partial charge in [-0.05, 0) is 43.5 Å². The van der Waals surface area contributed by atoms with Crippen LogP contribution in [-0.2, 0) is 9.53 Å². The normalized spacial score (nSPS) is 16.4. The Morgan fingerprint density at radius 3 is 2.64 bits per heavy atom. The first-order chi connectivity index (χ1) is 12.2. The zero-order valence-electron chi connectivity index (χ0n) is 14.4. The molecule has 1 atom stereocenters. The molecule has 1 fully saturated rings. The van der Waals surface area contributed by atoms with E-state index in [0.717, 1.165) is 25.0 Å². The minimum absolute atomic E-state index is 0.0507. The molecule has 5 heteroatoms. The van der Waals surface area contributed by atoms with Gasteiger partial charge in [0.2, 0.25) is 0 Å². The number of ether oxygens (including phenoxy) is 3. The van der Waals surface area contributed by atoms with Crippen molar-refractivity contribution in [2.75, 3.05) is 25.1 Å². The molecule has 3 rings (SSSR count). The van der Waals surface area contributed by atoms with E-state index < -0.39 is 0 Å². The summed E-state index contributed by atoms with van der Waals surface area (Å²) in [6.45, 7) is 3.18. The van der Waals surface area contributed by atoms with Crippen molar-refractivity contribution in [3.8, 4) is 11.5 Å². The lowest BCUT2D eigenvalue weighted by atomic mass is 10.2. The Morgan fingerprint density at radius 1 is 1.12 bits per heavy atom. The first-order valence-corrected chi connectivity index (χ1v) is 8.54. The van der Waals surface area contributed by atoms with E-state index in [1.54, 1.807) is 0 Å². The maximum absolute atomic E-state index is 12.2. The molecule has 25 heavy (non-hydrogen) atoms. The predicted octanol–water partition coefficient (Wildman–Crippen LogP) is 3.57. The molecule has 0 aromatic heterocycles. The van der Waals surface area contributed by atoms with Crippen LogP contribution in [0.25, 0.3) is 0 Å². The summed E-state index contributed by atoms with van der Waals surface area (Å²) in [5.41, 5.74) is 1.63. The maximum Gasteiger partial charge on any atom is 0.262 e. The van der Waals surface area contributed by atoms with Crippen LogP contribution in [-0.4, -0.2) is 31.8 Å². The van der Waals surface area contributed by atoms with Gasteiger partial charge in [0.1, 0.15) is 18.1 Å². The van der Waals surface area contributed by atoms with Crippen LogP contribution >= 0.6 is 0 Å². The van der Waals surface area contributed by atoms with Gasteiger partial charge in [0, 0.05) is 6.61 Å². The van der Waals surface area contributed by atoms with Gasteiger partial charge in [-0.2, -0.15) is 0 Å². The molecule has 132 valence electrons. The quantitative estimate of drug-likeness (QED) is 0.836. The summed E-state index contributed by atoms with van der Waals surface area (Å²) < 4.78 is 17.0. The minimum atomic E-state index is -0.226. The first kappa shape index (κ1) is 17.3. The maximum atomic E-state index is 12.2. The van der Waals surface area contributed by atoms with Crippen molar-refractivity contribution in [2.45, 2.75) is 25.9 Å². The van der Waals surface area contributed by atoms with Crippen molar-refractivity contribution in [3.63, 3.8) is 0 Å². The molecule has 1 N–H and O–H groups in total. The second-order valence-corrected chi connectivity index (χ2v) is 6.04. The van der Waals surface area contributed by atoms with E-state index in [2.05, 4.69) is 5.32 Å². The van der Waals surface area contributed by atoms with Crippen molar-refractivity contribution in [2.24, 2.45) is 0 Å². The molecule has 0 radical (unpaired) electrons.